The molecule has 0 aromatic heterocycles. The second-order valence-corrected chi connectivity index (χ2v) is 18.9. The SMILES string of the molecule is CCC1OC(=O)CC(O)C(C)C(OC2OC(C)C(O)C(N(C)C)C2O)C(CCN2CC(C)CC(C)C2)CC(C)C(=O)/C=C/C(C)=C/C1COC1OC(C)C(O)C(OC)C1OC. The molecule has 352 valence electrons. The molecule has 4 aliphatic heterocycles. The van der Waals surface area contributed by atoms with Crippen molar-refractivity contribution >= 4 is 11.8 Å². The number of hydrogen-bond donors (Lipinski definition) is 4. The lowest BCUT2D eigenvalue weighted by atomic mass is 9.79. The molecule has 0 radical (unpaired) electrons. The smallest absolute Gasteiger partial charge is 0.308 e. The molecule has 19 atom stereocenters. The molecule has 15 nitrogen and oxygen atoms in total. The van der Waals surface area contributed by atoms with Crippen molar-refractivity contribution < 1.29 is 63.2 Å². The Morgan fingerprint density at radius 1 is 0.820 bits per heavy atom. The lowest BCUT2D eigenvalue weighted by Gasteiger charge is -2.47. The minimum absolute atomic E-state index is 0.0427. The first kappa shape index (κ1) is 51.8. The van der Waals surface area contributed by atoms with Crippen LogP contribution in [0.1, 0.15) is 87.5 Å². The summed E-state index contributed by atoms with van der Waals surface area (Å²) in [5.41, 5.74) is 0.761. The maximum absolute atomic E-state index is 14.0. The summed E-state index contributed by atoms with van der Waals surface area (Å²) in [4.78, 5) is 32.1. The van der Waals surface area contributed by atoms with E-state index in [1.165, 1.54) is 20.6 Å². The molecular weight excluding hydrogens is 789 g/mol. The van der Waals surface area contributed by atoms with Crippen molar-refractivity contribution in [3.8, 4) is 0 Å². The van der Waals surface area contributed by atoms with E-state index >= 15 is 0 Å². The van der Waals surface area contributed by atoms with Gasteiger partial charge in [-0.3, -0.25) is 9.59 Å². The van der Waals surface area contributed by atoms with Crippen LogP contribution in [0.3, 0.4) is 0 Å². The van der Waals surface area contributed by atoms with E-state index < -0.39 is 103 Å². The number of rotatable bonds is 12. The first-order valence-electron chi connectivity index (χ1n) is 22.6. The molecule has 4 rings (SSSR count). The van der Waals surface area contributed by atoms with Gasteiger partial charge in [0.2, 0.25) is 0 Å². The molecule has 19 unspecified atom stereocenters. The summed E-state index contributed by atoms with van der Waals surface area (Å²) in [7, 11) is 6.54. The number of carbonyl (C=O) groups is 2. The molecular formula is C46H80N2O13. The second kappa shape index (κ2) is 23.9. The van der Waals surface area contributed by atoms with Gasteiger partial charge in [0.15, 0.2) is 18.4 Å². The number of ketones is 1. The predicted octanol–water partition coefficient (Wildman–Crippen LogP) is 3.34. The van der Waals surface area contributed by atoms with Crippen molar-refractivity contribution in [2.75, 3.05) is 54.6 Å². The zero-order valence-electron chi connectivity index (χ0n) is 38.9. The van der Waals surface area contributed by atoms with E-state index in [0.29, 0.717) is 31.1 Å². The van der Waals surface area contributed by atoms with Crippen LogP contribution in [0.2, 0.25) is 0 Å². The molecule has 3 saturated heterocycles. The Kier molecular flexibility index (Phi) is 20.3. The largest absolute Gasteiger partial charge is 0.462 e. The van der Waals surface area contributed by atoms with Gasteiger partial charge >= 0.3 is 5.97 Å². The van der Waals surface area contributed by atoms with E-state index in [2.05, 4.69) is 18.7 Å². The zero-order valence-corrected chi connectivity index (χ0v) is 38.9. The van der Waals surface area contributed by atoms with E-state index in [0.717, 1.165) is 25.2 Å². The molecule has 3 fully saturated rings. The third kappa shape index (κ3) is 13.8. The summed E-state index contributed by atoms with van der Waals surface area (Å²) in [6, 6.07) is -0.684. The fourth-order valence-electron chi connectivity index (χ4n) is 10.0. The number of likely N-dealkylation sites (tertiary alicyclic amines) is 1. The molecule has 0 spiro atoms. The van der Waals surface area contributed by atoms with Gasteiger partial charge in [-0.05, 0) is 90.9 Å². The average Bonchev–Trinajstić information content (AvgIpc) is 3.19. The van der Waals surface area contributed by atoms with Gasteiger partial charge in [0.05, 0.1) is 49.6 Å². The maximum atomic E-state index is 14.0. The lowest BCUT2D eigenvalue weighted by Crippen LogP contribution is -2.63. The summed E-state index contributed by atoms with van der Waals surface area (Å²) in [6.07, 6.45) is -2.96. The highest BCUT2D eigenvalue weighted by molar-refractivity contribution is 5.91. The number of likely N-dealkylation sites (N-methyl/N-ethyl adjacent to an activating group) is 1. The molecule has 0 aromatic rings. The third-order valence-electron chi connectivity index (χ3n) is 13.5. The highest BCUT2D eigenvalue weighted by Gasteiger charge is 2.48. The van der Waals surface area contributed by atoms with Gasteiger partial charge < -0.3 is 63.4 Å². The normalized spacial score (nSPS) is 44.3. The Labute approximate surface area is 365 Å². The fourth-order valence-corrected chi connectivity index (χ4v) is 10.0. The van der Waals surface area contributed by atoms with Gasteiger partial charge in [-0.25, -0.2) is 0 Å². The number of carbonyl (C=O) groups excluding carboxylic acids is 2. The van der Waals surface area contributed by atoms with Crippen LogP contribution in [0.15, 0.2) is 23.8 Å². The average molecular weight is 869 g/mol. The summed E-state index contributed by atoms with van der Waals surface area (Å²) >= 11 is 0. The number of methoxy groups -OCH3 is 2. The van der Waals surface area contributed by atoms with Gasteiger partial charge in [-0.1, -0.05) is 52.3 Å². The Hall–Kier alpha value is -1.86. The monoisotopic (exact) mass is 869 g/mol. The molecule has 4 aliphatic rings. The van der Waals surface area contributed by atoms with Crippen LogP contribution in [0.25, 0.3) is 0 Å². The van der Waals surface area contributed by atoms with Crippen LogP contribution >= 0.6 is 0 Å². The quantitative estimate of drug-likeness (QED) is 0.209. The number of allylic oxidation sites excluding steroid dienone is 3. The van der Waals surface area contributed by atoms with Gasteiger partial charge in [0.1, 0.15) is 30.5 Å². The van der Waals surface area contributed by atoms with Gasteiger partial charge in [-0.15, -0.1) is 0 Å². The zero-order chi connectivity index (χ0) is 45.3. The van der Waals surface area contributed by atoms with Crippen LogP contribution in [-0.4, -0.2) is 176 Å². The van der Waals surface area contributed by atoms with Crippen LogP contribution < -0.4 is 0 Å². The van der Waals surface area contributed by atoms with E-state index in [1.54, 1.807) is 45.0 Å². The Bertz CT molecular complexity index is 1420. The minimum atomic E-state index is -1.23. The van der Waals surface area contributed by atoms with Crippen molar-refractivity contribution in [1.82, 2.24) is 9.80 Å². The number of hydrogen-bond acceptors (Lipinski definition) is 15. The number of aliphatic hydroxyl groups excluding tert-OH is 4. The second-order valence-electron chi connectivity index (χ2n) is 18.9. The molecule has 61 heavy (non-hydrogen) atoms. The number of esters is 1. The fraction of sp³-hybridized carbons (Fsp3) is 0.870. The van der Waals surface area contributed by atoms with E-state index in [1.807, 2.05) is 33.8 Å². The first-order valence-corrected chi connectivity index (χ1v) is 22.6. The molecule has 0 aliphatic carbocycles. The maximum Gasteiger partial charge on any atom is 0.308 e. The topological polar surface area (TPSA) is 186 Å². The van der Waals surface area contributed by atoms with E-state index in [-0.39, 0.29) is 24.7 Å². The molecule has 0 aromatic carbocycles. The number of cyclic esters (lactones) is 1. The van der Waals surface area contributed by atoms with Crippen LogP contribution in [-0.2, 0) is 42.7 Å². The van der Waals surface area contributed by atoms with Gasteiger partial charge in [-0.2, -0.15) is 0 Å². The van der Waals surface area contributed by atoms with E-state index in [9.17, 15) is 30.0 Å². The lowest BCUT2D eigenvalue weighted by molar-refractivity contribution is -0.304. The summed E-state index contributed by atoms with van der Waals surface area (Å²) in [6.45, 7) is 18.2. The minimum Gasteiger partial charge on any atom is -0.462 e. The van der Waals surface area contributed by atoms with E-state index in [4.69, 9.17) is 33.2 Å². The highest BCUT2D eigenvalue weighted by atomic mass is 16.7. The Morgan fingerprint density at radius 3 is 2.05 bits per heavy atom. The van der Waals surface area contributed by atoms with Crippen molar-refractivity contribution in [2.24, 2.45) is 35.5 Å². The van der Waals surface area contributed by atoms with Crippen molar-refractivity contribution in [1.29, 1.82) is 0 Å². The van der Waals surface area contributed by atoms with Crippen molar-refractivity contribution in [3.63, 3.8) is 0 Å². The first-order chi connectivity index (χ1) is 28.8. The van der Waals surface area contributed by atoms with Gasteiger partial charge in [0.25, 0.3) is 0 Å². The van der Waals surface area contributed by atoms with Crippen LogP contribution in [0.5, 0.6) is 0 Å². The third-order valence-corrected chi connectivity index (χ3v) is 13.5. The van der Waals surface area contributed by atoms with Crippen LogP contribution in [0, 0.1) is 35.5 Å². The summed E-state index contributed by atoms with van der Waals surface area (Å²) in [5, 5.41) is 45.3. The number of piperidine rings is 1. The standard InChI is InChI=1S/C46H80N2O13/c1-13-36-33(24-57-46-44(56-12)43(55-11)40(53)31(8)59-46)19-25(2)14-15-34(49)28(5)20-32(16-17-48-22-26(3)18-27(4)23-48)42(29(6)35(50)21-37(51)60-36)61-45-41(54)38(47(9)10)39(52)30(7)58-45/h14-15,19,26-33,35-36,38-46,50,52-54H,13,16-18,20-24H2,1-12H3/b15-14+,25-19+. The highest BCUT2D eigenvalue weighted by Crippen LogP contribution is 2.36. The molecule has 4 N–H and O–H groups in total. The summed E-state index contributed by atoms with van der Waals surface area (Å²) < 4.78 is 42.6. The molecule has 4 heterocycles. The van der Waals surface area contributed by atoms with Crippen molar-refractivity contribution in [3.05, 3.63) is 23.8 Å². The van der Waals surface area contributed by atoms with Crippen LogP contribution in [0.4, 0.5) is 0 Å². The summed E-state index contributed by atoms with van der Waals surface area (Å²) in [5.74, 6) is -1.46. The number of ether oxygens (including phenoxy) is 7. The molecule has 0 bridgehead atoms. The molecule has 0 amide bonds. The predicted molar refractivity (Wildman–Crippen MR) is 229 cm³/mol. The number of nitrogens with zero attached hydrogens (tertiary/aromatic N) is 2. The molecule has 0 saturated carbocycles. The molecule has 15 heteroatoms. The van der Waals surface area contributed by atoms with Crippen molar-refractivity contribution in [2.45, 2.75) is 167 Å². The Balaban J connectivity index is 1.68. The number of aliphatic hydroxyl groups is 4. The Morgan fingerprint density at radius 2 is 1.44 bits per heavy atom. The van der Waals surface area contributed by atoms with Gasteiger partial charge in [0, 0.05) is 45.1 Å².